The lowest BCUT2D eigenvalue weighted by molar-refractivity contribution is -0.137. The maximum Gasteiger partial charge on any atom is 0.421 e. The maximum absolute atomic E-state index is 13.7. The molecular formula is C25H35F3N8O2. The molecule has 0 aromatic carbocycles. The lowest BCUT2D eigenvalue weighted by Gasteiger charge is -2.29. The number of nitrogens with one attached hydrogen (secondary N) is 2. The van der Waals surface area contributed by atoms with Crippen molar-refractivity contribution in [1.82, 2.24) is 29.5 Å². The first-order chi connectivity index (χ1) is 18.3. The third-order valence-electron chi connectivity index (χ3n) is 7.34. The van der Waals surface area contributed by atoms with Crippen LogP contribution in [0.5, 0.6) is 0 Å². The molecule has 2 aromatic rings. The van der Waals surface area contributed by atoms with E-state index in [9.17, 15) is 18.0 Å². The van der Waals surface area contributed by atoms with Crippen LogP contribution in [0.25, 0.3) is 0 Å². The normalized spacial score (nSPS) is 20.0. The Balaban J connectivity index is 1.28. The summed E-state index contributed by atoms with van der Waals surface area (Å²) in [5, 5.41) is 10.8. The second-order valence-electron chi connectivity index (χ2n) is 10.3. The van der Waals surface area contributed by atoms with Gasteiger partial charge in [-0.3, -0.25) is 9.48 Å². The number of likely N-dealkylation sites (tertiary alicyclic amines) is 1. The predicted octanol–water partition coefficient (Wildman–Crippen LogP) is 3.63. The van der Waals surface area contributed by atoms with Gasteiger partial charge >= 0.3 is 6.18 Å². The largest absolute Gasteiger partial charge is 0.421 e. The number of piperidine rings is 1. The van der Waals surface area contributed by atoms with Crippen molar-refractivity contribution in [2.75, 3.05) is 63.6 Å². The van der Waals surface area contributed by atoms with Crippen molar-refractivity contribution in [2.45, 2.75) is 56.7 Å². The number of hydrogen-bond acceptors (Lipinski definition) is 8. The molecule has 0 radical (unpaired) electrons. The molecule has 0 spiro atoms. The van der Waals surface area contributed by atoms with Crippen LogP contribution < -0.4 is 10.6 Å². The molecule has 1 aliphatic carbocycles. The van der Waals surface area contributed by atoms with Crippen molar-refractivity contribution in [2.24, 2.45) is 0 Å². The molecule has 4 heterocycles. The highest BCUT2D eigenvalue weighted by atomic mass is 19.4. The summed E-state index contributed by atoms with van der Waals surface area (Å²) in [5.41, 5.74) is 0.749. The zero-order valence-electron chi connectivity index (χ0n) is 21.6. The average molecular weight is 537 g/mol. The van der Waals surface area contributed by atoms with Gasteiger partial charge < -0.3 is 25.2 Å². The standard InChI is InChI=1S/C25H35F3N8O2/c1-34-10-5-18(6-11-34)36-16-20(22(33-36)17-3-4-17)31-24-30-15-19(25(26,27)28)23(32-24)29-8-2-9-35-12-14-38-13-7-21(35)37/h15-18H,2-14H2,1H3,(H2,29,30,31,32). The summed E-state index contributed by atoms with van der Waals surface area (Å²) in [6, 6.07) is 0.299. The Morgan fingerprint density at radius 1 is 1.13 bits per heavy atom. The molecule has 3 aliphatic rings. The van der Waals surface area contributed by atoms with Crippen molar-refractivity contribution >= 4 is 23.4 Å². The number of amides is 1. The number of carbonyl (C=O) groups excluding carboxylic acids is 1. The first kappa shape index (κ1) is 26.7. The smallest absolute Gasteiger partial charge is 0.379 e. The summed E-state index contributed by atoms with van der Waals surface area (Å²) < 4.78 is 48.4. The molecule has 0 bridgehead atoms. The minimum absolute atomic E-state index is 0.000682. The summed E-state index contributed by atoms with van der Waals surface area (Å²) in [5.74, 6) is 0.157. The van der Waals surface area contributed by atoms with Crippen LogP contribution in [-0.4, -0.2) is 88.4 Å². The van der Waals surface area contributed by atoms with Crippen molar-refractivity contribution in [3.63, 3.8) is 0 Å². The monoisotopic (exact) mass is 536 g/mol. The fourth-order valence-corrected chi connectivity index (χ4v) is 4.94. The van der Waals surface area contributed by atoms with Crippen LogP contribution in [0.4, 0.5) is 30.6 Å². The number of ether oxygens (including phenoxy) is 1. The van der Waals surface area contributed by atoms with Crippen LogP contribution in [-0.2, 0) is 15.7 Å². The highest BCUT2D eigenvalue weighted by Crippen LogP contribution is 2.44. The zero-order valence-corrected chi connectivity index (χ0v) is 21.6. The minimum Gasteiger partial charge on any atom is -0.379 e. The lowest BCUT2D eigenvalue weighted by Crippen LogP contribution is -2.33. The number of halogens is 3. The molecule has 0 atom stereocenters. The van der Waals surface area contributed by atoms with Gasteiger partial charge in [0, 0.05) is 37.9 Å². The second-order valence-corrected chi connectivity index (χ2v) is 10.3. The molecule has 13 heteroatoms. The summed E-state index contributed by atoms with van der Waals surface area (Å²) in [7, 11) is 2.11. The summed E-state index contributed by atoms with van der Waals surface area (Å²) in [4.78, 5) is 24.3. The number of carbonyl (C=O) groups is 1. The quantitative estimate of drug-likeness (QED) is 0.469. The first-order valence-corrected chi connectivity index (χ1v) is 13.4. The Kier molecular flexibility index (Phi) is 8.03. The van der Waals surface area contributed by atoms with E-state index in [2.05, 4.69) is 32.5 Å². The van der Waals surface area contributed by atoms with Crippen LogP contribution >= 0.6 is 0 Å². The van der Waals surface area contributed by atoms with E-state index in [4.69, 9.17) is 9.84 Å². The maximum atomic E-state index is 13.7. The van der Waals surface area contributed by atoms with Gasteiger partial charge in [0.25, 0.3) is 0 Å². The van der Waals surface area contributed by atoms with Gasteiger partial charge in [-0.25, -0.2) is 4.98 Å². The molecule has 1 saturated carbocycles. The predicted molar refractivity (Wildman–Crippen MR) is 135 cm³/mol. The minimum atomic E-state index is -4.60. The van der Waals surface area contributed by atoms with Crippen molar-refractivity contribution < 1.29 is 22.7 Å². The van der Waals surface area contributed by atoms with E-state index in [0.717, 1.165) is 56.4 Å². The van der Waals surface area contributed by atoms with Gasteiger partial charge in [0.15, 0.2) is 0 Å². The van der Waals surface area contributed by atoms with Crippen LogP contribution in [0.1, 0.15) is 61.7 Å². The Labute approximate surface area is 219 Å². The van der Waals surface area contributed by atoms with Gasteiger partial charge in [0.2, 0.25) is 11.9 Å². The van der Waals surface area contributed by atoms with Crippen LogP contribution in [0, 0.1) is 0 Å². The van der Waals surface area contributed by atoms with E-state index in [1.54, 1.807) is 4.90 Å². The lowest BCUT2D eigenvalue weighted by atomic mass is 10.1. The van der Waals surface area contributed by atoms with E-state index in [0.29, 0.717) is 51.1 Å². The molecule has 2 saturated heterocycles. The fourth-order valence-electron chi connectivity index (χ4n) is 4.94. The van der Waals surface area contributed by atoms with E-state index in [1.165, 1.54) is 0 Å². The van der Waals surface area contributed by atoms with Crippen molar-refractivity contribution in [1.29, 1.82) is 0 Å². The van der Waals surface area contributed by atoms with Gasteiger partial charge in [-0.1, -0.05) is 0 Å². The van der Waals surface area contributed by atoms with E-state index in [1.807, 2.05) is 10.9 Å². The molecule has 1 amide bonds. The molecular weight excluding hydrogens is 501 g/mol. The Hall–Kier alpha value is -2.93. The van der Waals surface area contributed by atoms with Gasteiger partial charge in [-0.05, 0) is 52.2 Å². The Bertz CT molecular complexity index is 1110. The van der Waals surface area contributed by atoms with Crippen LogP contribution in [0.15, 0.2) is 12.4 Å². The highest BCUT2D eigenvalue weighted by molar-refractivity contribution is 5.76. The van der Waals surface area contributed by atoms with Gasteiger partial charge in [-0.2, -0.15) is 23.3 Å². The SMILES string of the molecule is CN1CCC(n2cc(Nc3ncc(C(F)(F)F)c(NCCCN4CCOCCC4=O)n3)c(C3CC3)n2)CC1. The van der Waals surface area contributed by atoms with Crippen molar-refractivity contribution in [3.05, 3.63) is 23.7 Å². The average Bonchev–Trinajstić information content (AvgIpc) is 3.67. The molecule has 2 N–H and O–H groups in total. The Morgan fingerprint density at radius 2 is 1.92 bits per heavy atom. The first-order valence-electron chi connectivity index (χ1n) is 13.4. The number of nitrogens with zero attached hydrogens (tertiary/aromatic N) is 6. The van der Waals surface area contributed by atoms with Crippen LogP contribution in [0.2, 0.25) is 0 Å². The van der Waals surface area contributed by atoms with Gasteiger partial charge in [0.1, 0.15) is 11.4 Å². The third kappa shape index (κ3) is 6.55. The van der Waals surface area contributed by atoms with E-state index < -0.39 is 11.7 Å². The topological polar surface area (TPSA) is 100 Å². The molecule has 3 fully saturated rings. The summed E-state index contributed by atoms with van der Waals surface area (Å²) in [6.07, 6.45) is 3.05. The summed E-state index contributed by atoms with van der Waals surface area (Å²) >= 11 is 0. The molecule has 208 valence electrons. The Morgan fingerprint density at radius 3 is 2.66 bits per heavy atom. The van der Waals surface area contributed by atoms with Gasteiger partial charge in [0.05, 0.1) is 37.1 Å². The van der Waals surface area contributed by atoms with E-state index >= 15 is 0 Å². The number of hydrogen-bond donors (Lipinski definition) is 2. The number of aromatic nitrogens is 4. The number of rotatable bonds is 9. The molecule has 5 rings (SSSR count). The molecule has 2 aliphatic heterocycles. The number of anilines is 3. The molecule has 0 unspecified atom stereocenters. The van der Waals surface area contributed by atoms with Crippen LogP contribution in [0.3, 0.4) is 0 Å². The van der Waals surface area contributed by atoms with Crippen molar-refractivity contribution in [3.8, 4) is 0 Å². The third-order valence-corrected chi connectivity index (χ3v) is 7.34. The second kappa shape index (κ2) is 11.4. The number of alkyl halides is 3. The molecule has 10 nitrogen and oxygen atoms in total. The fraction of sp³-hybridized carbons (Fsp3) is 0.680. The summed E-state index contributed by atoms with van der Waals surface area (Å²) in [6.45, 7) is 4.03. The molecule has 2 aromatic heterocycles. The highest BCUT2D eigenvalue weighted by Gasteiger charge is 2.36. The van der Waals surface area contributed by atoms with Gasteiger partial charge in [-0.15, -0.1) is 0 Å². The molecule has 38 heavy (non-hydrogen) atoms. The zero-order chi connectivity index (χ0) is 26.7. The van der Waals surface area contributed by atoms with E-state index in [-0.39, 0.29) is 24.2 Å².